The Morgan fingerprint density at radius 1 is 1.25 bits per heavy atom. The molecular weight excluding hydrogens is 276 g/mol. The zero-order valence-electron chi connectivity index (χ0n) is 11.5. The third-order valence-electron chi connectivity index (χ3n) is 3.16. The molecule has 0 saturated carbocycles. The van der Waals surface area contributed by atoms with Crippen LogP contribution in [0, 0.1) is 13.8 Å². The van der Waals surface area contributed by atoms with Crippen LogP contribution in [0.1, 0.15) is 24.0 Å². The van der Waals surface area contributed by atoms with Crippen LogP contribution in [0.2, 0.25) is 0 Å². The normalized spacial score (nSPS) is 11.3. The maximum absolute atomic E-state index is 12.4. The number of aryl methyl sites for hydroxylation is 3. The average Bonchev–Trinajstić information content (AvgIpc) is 2.97. The van der Waals surface area contributed by atoms with Crippen LogP contribution in [-0.4, -0.2) is 28.9 Å². The SMILES string of the molecule is CCn1nc(C)c(Cn2cnc3snc(C)c3c2=O)n1. The van der Waals surface area contributed by atoms with E-state index in [2.05, 4.69) is 19.6 Å². The molecule has 0 aliphatic rings. The molecule has 0 N–H and O–H groups in total. The van der Waals surface area contributed by atoms with Crippen LogP contribution in [0.15, 0.2) is 11.1 Å². The third kappa shape index (κ3) is 2.01. The van der Waals surface area contributed by atoms with Crippen molar-refractivity contribution in [2.45, 2.75) is 33.9 Å². The summed E-state index contributed by atoms with van der Waals surface area (Å²) in [6, 6.07) is 0. The lowest BCUT2D eigenvalue weighted by Gasteiger charge is -2.03. The molecular formula is C12H14N6OS. The minimum absolute atomic E-state index is 0.0771. The van der Waals surface area contributed by atoms with Gasteiger partial charge in [-0.05, 0) is 32.3 Å². The molecule has 0 aliphatic carbocycles. The van der Waals surface area contributed by atoms with Crippen molar-refractivity contribution in [1.29, 1.82) is 0 Å². The summed E-state index contributed by atoms with van der Waals surface area (Å²) in [6.45, 7) is 6.78. The number of aromatic nitrogens is 6. The lowest BCUT2D eigenvalue weighted by molar-refractivity contribution is 0.557. The van der Waals surface area contributed by atoms with E-state index in [9.17, 15) is 4.79 Å². The van der Waals surface area contributed by atoms with Gasteiger partial charge in [0.15, 0.2) is 4.83 Å². The van der Waals surface area contributed by atoms with E-state index in [0.29, 0.717) is 23.3 Å². The molecule has 104 valence electrons. The van der Waals surface area contributed by atoms with Crippen molar-refractivity contribution in [3.63, 3.8) is 0 Å². The molecule has 0 spiro atoms. The molecule has 3 aromatic heterocycles. The van der Waals surface area contributed by atoms with Gasteiger partial charge in [-0.15, -0.1) is 0 Å². The zero-order chi connectivity index (χ0) is 14.3. The first-order valence-electron chi connectivity index (χ1n) is 6.32. The molecule has 0 fully saturated rings. The second-order valence-corrected chi connectivity index (χ2v) is 5.30. The van der Waals surface area contributed by atoms with E-state index in [4.69, 9.17) is 0 Å². The Labute approximate surface area is 119 Å². The highest BCUT2D eigenvalue weighted by atomic mass is 32.1. The molecule has 0 atom stereocenters. The number of hydrogen-bond acceptors (Lipinski definition) is 6. The van der Waals surface area contributed by atoms with Crippen LogP contribution in [-0.2, 0) is 13.1 Å². The Kier molecular flexibility index (Phi) is 3.09. The van der Waals surface area contributed by atoms with Crippen molar-refractivity contribution in [2.24, 2.45) is 0 Å². The summed E-state index contributed by atoms with van der Waals surface area (Å²) in [5, 5.41) is 9.24. The van der Waals surface area contributed by atoms with E-state index in [0.717, 1.165) is 17.1 Å². The van der Waals surface area contributed by atoms with Crippen LogP contribution in [0.4, 0.5) is 0 Å². The molecule has 7 nitrogen and oxygen atoms in total. The Morgan fingerprint density at radius 2 is 2.05 bits per heavy atom. The molecule has 0 aliphatic heterocycles. The van der Waals surface area contributed by atoms with E-state index < -0.39 is 0 Å². The summed E-state index contributed by atoms with van der Waals surface area (Å²) in [6.07, 6.45) is 1.55. The lowest BCUT2D eigenvalue weighted by Crippen LogP contribution is -2.21. The van der Waals surface area contributed by atoms with Gasteiger partial charge in [0.1, 0.15) is 5.69 Å². The van der Waals surface area contributed by atoms with Gasteiger partial charge >= 0.3 is 0 Å². The minimum atomic E-state index is -0.0771. The van der Waals surface area contributed by atoms with Gasteiger partial charge < -0.3 is 0 Å². The summed E-state index contributed by atoms with van der Waals surface area (Å²) in [5.74, 6) is 0. The third-order valence-corrected chi connectivity index (χ3v) is 4.00. The van der Waals surface area contributed by atoms with Gasteiger partial charge in [0, 0.05) is 0 Å². The van der Waals surface area contributed by atoms with E-state index in [-0.39, 0.29) is 5.56 Å². The smallest absolute Gasteiger partial charge is 0.264 e. The van der Waals surface area contributed by atoms with Gasteiger partial charge in [0.2, 0.25) is 0 Å². The van der Waals surface area contributed by atoms with Gasteiger partial charge in [0.25, 0.3) is 5.56 Å². The van der Waals surface area contributed by atoms with Crippen LogP contribution in [0.5, 0.6) is 0 Å². The lowest BCUT2D eigenvalue weighted by atomic mass is 10.3. The van der Waals surface area contributed by atoms with Gasteiger partial charge in [0.05, 0.1) is 36.2 Å². The Balaban J connectivity index is 2.06. The summed E-state index contributed by atoms with van der Waals surface area (Å²) in [5.41, 5.74) is 2.27. The molecule has 20 heavy (non-hydrogen) atoms. The van der Waals surface area contributed by atoms with Crippen LogP contribution >= 0.6 is 11.5 Å². The first-order chi connectivity index (χ1) is 9.60. The number of rotatable bonds is 3. The summed E-state index contributed by atoms with van der Waals surface area (Å²) < 4.78 is 5.73. The van der Waals surface area contributed by atoms with Crippen molar-refractivity contribution in [3.05, 3.63) is 33.8 Å². The first kappa shape index (κ1) is 12.9. The zero-order valence-corrected chi connectivity index (χ0v) is 12.3. The Bertz CT molecular complexity index is 830. The highest BCUT2D eigenvalue weighted by Gasteiger charge is 2.13. The highest BCUT2D eigenvalue weighted by molar-refractivity contribution is 7.12. The Morgan fingerprint density at radius 3 is 2.75 bits per heavy atom. The topological polar surface area (TPSA) is 78.5 Å². The molecule has 0 radical (unpaired) electrons. The summed E-state index contributed by atoms with van der Waals surface area (Å²) in [7, 11) is 0. The second-order valence-electron chi connectivity index (χ2n) is 4.55. The minimum Gasteiger partial charge on any atom is -0.292 e. The molecule has 0 bridgehead atoms. The molecule has 3 rings (SSSR count). The molecule has 3 aromatic rings. The Hall–Kier alpha value is -2.09. The van der Waals surface area contributed by atoms with E-state index in [1.54, 1.807) is 15.7 Å². The summed E-state index contributed by atoms with van der Waals surface area (Å²) >= 11 is 1.25. The average molecular weight is 290 g/mol. The largest absolute Gasteiger partial charge is 0.292 e. The predicted octanol–water partition coefficient (Wildman–Crippen LogP) is 1.13. The fraction of sp³-hybridized carbons (Fsp3) is 0.417. The van der Waals surface area contributed by atoms with E-state index in [1.165, 1.54) is 11.5 Å². The van der Waals surface area contributed by atoms with E-state index in [1.807, 2.05) is 20.8 Å². The van der Waals surface area contributed by atoms with Crippen LogP contribution in [0.25, 0.3) is 10.2 Å². The van der Waals surface area contributed by atoms with Crippen molar-refractivity contribution < 1.29 is 0 Å². The number of hydrogen-bond donors (Lipinski definition) is 0. The van der Waals surface area contributed by atoms with Crippen LogP contribution in [0.3, 0.4) is 0 Å². The second kappa shape index (κ2) is 4.78. The van der Waals surface area contributed by atoms with Gasteiger partial charge in [-0.1, -0.05) is 0 Å². The maximum atomic E-state index is 12.4. The molecule has 3 heterocycles. The fourth-order valence-corrected chi connectivity index (χ4v) is 2.77. The van der Waals surface area contributed by atoms with Gasteiger partial charge in [-0.2, -0.15) is 19.4 Å². The highest BCUT2D eigenvalue weighted by Crippen LogP contribution is 2.15. The fourth-order valence-electron chi connectivity index (χ4n) is 2.04. The van der Waals surface area contributed by atoms with Crippen molar-refractivity contribution in [1.82, 2.24) is 28.9 Å². The van der Waals surface area contributed by atoms with Gasteiger partial charge in [-0.25, -0.2) is 4.98 Å². The molecule has 0 aromatic carbocycles. The van der Waals surface area contributed by atoms with E-state index >= 15 is 0 Å². The molecule has 0 amide bonds. The molecule has 0 saturated heterocycles. The molecule has 0 unspecified atom stereocenters. The summed E-state index contributed by atoms with van der Waals surface area (Å²) in [4.78, 5) is 19.0. The monoisotopic (exact) mass is 290 g/mol. The number of fused-ring (bicyclic) bond motifs is 1. The first-order valence-corrected chi connectivity index (χ1v) is 7.09. The standard InChI is InChI=1S/C12H14N6OS/c1-4-18-14-7(2)9(15-18)5-17-6-13-11-10(12(17)19)8(3)16-20-11/h6H,4-5H2,1-3H3. The predicted molar refractivity (Wildman–Crippen MR) is 75.9 cm³/mol. The van der Waals surface area contributed by atoms with Crippen molar-refractivity contribution in [3.8, 4) is 0 Å². The van der Waals surface area contributed by atoms with Crippen LogP contribution < -0.4 is 5.56 Å². The van der Waals surface area contributed by atoms with Crippen molar-refractivity contribution in [2.75, 3.05) is 0 Å². The quantitative estimate of drug-likeness (QED) is 0.722. The maximum Gasteiger partial charge on any atom is 0.264 e. The molecule has 8 heteroatoms. The number of nitrogens with zero attached hydrogens (tertiary/aromatic N) is 6. The van der Waals surface area contributed by atoms with Gasteiger partial charge in [-0.3, -0.25) is 9.36 Å². The van der Waals surface area contributed by atoms with Crippen molar-refractivity contribution >= 4 is 21.7 Å².